The Morgan fingerprint density at radius 1 is 1.00 bits per heavy atom. The van der Waals surface area contributed by atoms with Crippen molar-refractivity contribution in [1.82, 2.24) is 4.90 Å². The third-order valence-electron chi connectivity index (χ3n) is 6.85. The molecule has 2 aromatic carbocycles. The predicted octanol–water partition coefficient (Wildman–Crippen LogP) is 8.77. The maximum atomic E-state index is 10.6. The minimum atomic E-state index is 0.441. The highest BCUT2D eigenvalue weighted by Crippen LogP contribution is 2.38. The van der Waals surface area contributed by atoms with Crippen molar-refractivity contribution in [3.8, 4) is 11.1 Å². The van der Waals surface area contributed by atoms with Crippen molar-refractivity contribution >= 4 is 5.57 Å². The van der Waals surface area contributed by atoms with Gasteiger partial charge < -0.3 is 10.0 Å². The number of rotatable bonds is 6. The molecule has 0 spiro atoms. The summed E-state index contributed by atoms with van der Waals surface area (Å²) >= 11 is 0. The Morgan fingerprint density at radius 3 is 2.36 bits per heavy atom. The normalized spacial score (nSPS) is 16.4. The fourth-order valence-corrected chi connectivity index (χ4v) is 4.93. The lowest BCUT2D eigenvalue weighted by atomic mass is 9.88. The molecular weight excluding hydrogens is 402 g/mol. The zero-order valence-electron chi connectivity index (χ0n) is 20.4. The van der Waals surface area contributed by atoms with E-state index in [1.807, 2.05) is 12.2 Å². The molecular formula is C31H35NO. The number of aliphatic hydroxyl groups is 1. The summed E-state index contributed by atoms with van der Waals surface area (Å²) in [4.78, 5) is 2.19. The van der Waals surface area contributed by atoms with E-state index in [9.17, 15) is 5.11 Å². The number of hydrogen-bond acceptors (Lipinski definition) is 2. The Bertz CT molecular complexity index is 1200. The Hall–Kier alpha value is -3.26. The van der Waals surface area contributed by atoms with Gasteiger partial charge >= 0.3 is 0 Å². The lowest BCUT2D eigenvalue weighted by Gasteiger charge is -2.30. The van der Waals surface area contributed by atoms with Crippen LogP contribution in [0.5, 0.6) is 0 Å². The largest absolute Gasteiger partial charge is 0.507 e. The van der Waals surface area contributed by atoms with Crippen LogP contribution in [0.4, 0.5) is 0 Å². The molecule has 0 aromatic heterocycles. The maximum Gasteiger partial charge on any atom is 0.122 e. The lowest BCUT2D eigenvalue weighted by Crippen LogP contribution is -2.19. The van der Waals surface area contributed by atoms with Crippen molar-refractivity contribution in [1.29, 1.82) is 0 Å². The van der Waals surface area contributed by atoms with Gasteiger partial charge in [0.1, 0.15) is 5.76 Å². The molecule has 170 valence electrons. The van der Waals surface area contributed by atoms with E-state index in [-0.39, 0.29) is 0 Å². The number of hydrogen-bond donors (Lipinski definition) is 1. The molecule has 1 heterocycles. The van der Waals surface area contributed by atoms with E-state index in [0.717, 1.165) is 42.5 Å². The zero-order chi connectivity index (χ0) is 23.5. The number of nitrogens with zero attached hydrogens (tertiary/aromatic N) is 1. The van der Waals surface area contributed by atoms with Gasteiger partial charge in [0.2, 0.25) is 0 Å². The van der Waals surface area contributed by atoms with Gasteiger partial charge in [0.25, 0.3) is 0 Å². The minimum Gasteiger partial charge on any atom is -0.507 e. The Morgan fingerprint density at radius 2 is 1.76 bits per heavy atom. The molecule has 0 amide bonds. The Labute approximate surface area is 199 Å². The van der Waals surface area contributed by atoms with E-state index in [1.165, 1.54) is 45.5 Å². The van der Waals surface area contributed by atoms with Crippen LogP contribution in [0.25, 0.3) is 16.7 Å². The number of aryl methyl sites for hydroxylation is 2. The van der Waals surface area contributed by atoms with Crippen LogP contribution < -0.4 is 0 Å². The summed E-state index contributed by atoms with van der Waals surface area (Å²) in [6.45, 7) is 13.1. The second-order valence-electron chi connectivity index (χ2n) is 9.08. The molecule has 1 saturated carbocycles. The third kappa shape index (κ3) is 4.48. The second-order valence-corrected chi connectivity index (χ2v) is 9.08. The third-order valence-corrected chi connectivity index (χ3v) is 6.85. The van der Waals surface area contributed by atoms with E-state index in [4.69, 9.17) is 0 Å². The first kappa shape index (κ1) is 22.9. The van der Waals surface area contributed by atoms with E-state index >= 15 is 0 Å². The summed E-state index contributed by atoms with van der Waals surface area (Å²) in [5.41, 5.74) is 11.9. The van der Waals surface area contributed by atoms with Gasteiger partial charge in [0.15, 0.2) is 0 Å². The molecule has 0 radical (unpaired) electrons. The Balaban J connectivity index is 1.77. The van der Waals surface area contributed by atoms with Crippen molar-refractivity contribution in [3.63, 3.8) is 0 Å². The molecule has 0 atom stereocenters. The van der Waals surface area contributed by atoms with Gasteiger partial charge in [-0.15, -0.1) is 0 Å². The predicted molar refractivity (Wildman–Crippen MR) is 141 cm³/mol. The highest BCUT2D eigenvalue weighted by molar-refractivity contribution is 5.84. The number of benzene rings is 2. The van der Waals surface area contributed by atoms with E-state index in [1.54, 1.807) is 0 Å². The van der Waals surface area contributed by atoms with Gasteiger partial charge in [0, 0.05) is 23.2 Å². The highest BCUT2D eigenvalue weighted by atomic mass is 16.3. The van der Waals surface area contributed by atoms with Crippen LogP contribution >= 0.6 is 0 Å². The van der Waals surface area contributed by atoms with Gasteiger partial charge in [-0.2, -0.15) is 0 Å². The molecule has 1 fully saturated rings. The fourth-order valence-electron chi connectivity index (χ4n) is 4.93. The molecule has 33 heavy (non-hydrogen) atoms. The van der Waals surface area contributed by atoms with Crippen LogP contribution in [0.3, 0.4) is 0 Å². The van der Waals surface area contributed by atoms with Crippen molar-refractivity contribution in [2.24, 2.45) is 0 Å². The molecule has 0 saturated heterocycles. The van der Waals surface area contributed by atoms with Gasteiger partial charge in [0.05, 0.1) is 0 Å². The molecule has 2 aromatic rings. The quantitative estimate of drug-likeness (QED) is 0.457. The fraction of sp³-hybridized carbons (Fsp3) is 0.290. The van der Waals surface area contributed by atoms with Gasteiger partial charge in [-0.05, 0) is 91.5 Å². The smallest absolute Gasteiger partial charge is 0.122 e. The summed E-state index contributed by atoms with van der Waals surface area (Å²) in [6.07, 6.45) is 11.1. The molecule has 4 rings (SSSR count). The second kappa shape index (κ2) is 9.70. The SMILES string of the molecule is C=C1C=C(C(O)=C2CCC2)C=CN1/C(CC)=C(\CC)c1ccccc1-c1ccc(C)cc1C. The molecule has 1 aliphatic heterocycles. The van der Waals surface area contributed by atoms with Crippen molar-refractivity contribution in [2.75, 3.05) is 0 Å². The van der Waals surface area contributed by atoms with Crippen LogP contribution in [-0.2, 0) is 0 Å². The van der Waals surface area contributed by atoms with Crippen molar-refractivity contribution < 1.29 is 5.11 Å². The average Bonchev–Trinajstić information content (AvgIpc) is 2.77. The van der Waals surface area contributed by atoms with Crippen LogP contribution in [0, 0.1) is 13.8 Å². The first-order chi connectivity index (χ1) is 15.9. The molecule has 2 heteroatoms. The molecule has 2 aliphatic rings. The standard InChI is InChI=1S/C31H35NO/c1-6-26(28-13-8-9-14-29(28)27-16-15-21(3)19-22(27)4)30(7-2)32-18-17-25(20-23(32)5)31(33)24-11-10-12-24/h8-9,13-20,33H,5-7,10-12H2,1-4H3/b30-26+. The van der Waals surface area contributed by atoms with Gasteiger partial charge in [-0.25, -0.2) is 0 Å². The molecule has 2 nitrogen and oxygen atoms in total. The average molecular weight is 438 g/mol. The number of aliphatic hydroxyl groups excluding tert-OH is 1. The summed E-state index contributed by atoms with van der Waals surface area (Å²) in [5.74, 6) is 0.441. The topological polar surface area (TPSA) is 23.5 Å². The van der Waals surface area contributed by atoms with Crippen molar-refractivity contribution in [2.45, 2.75) is 59.8 Å². The van der Waals surface area contributed by atoms with E-state index < -0.39 is 0 Å². The monoisotopic (exact) mass is 437 g/mol. The number of allylic oxidation sites excluding steroid dienone is 5. The summed E-state index contributed by atoms with van der Waals surface area (Å²) in [6, 6.07) is 15.4. The van der Waals surface area contributed by atoms with E-state index in [2.05, 4.69) is 87.8 Å². The van der Waals surface area contributed by atoms with Crippen LogP contribution in [0.2, 0.25) is 0 Å². The molecule has 0 unspecified atom stereocenters. The molecule has 1 aliphatic carbocycles. The summed E-state index contributed by atoms with van der Waals surface area (Å²) in [7, 11) is 0. The molecule has 0 bridgehead atoms. The van der Waals surface area contributed by atoms with E-state index in [0.29, 0.717) is 5.76 Å². The van der Waals surface area contributed by atoms with Crippen LogP contribution in [0.15, 0.2) is 95.7 Å². The van der Waals surface area contributed by atoms with Crippen molar-refractivity contribution in [3.05, 3.63) is 112 Å². The van der Waals surface area contributed by atoms with Crippen LogP contribution in [-0.4, -0.2) is 10.0 Å². The van der Waals surface area contributed by atoms with Gasteiger partial charge in [-0.3, -0.25) is 0 Å². The van der Waals surface area contributed by atoms with Crippen LogP contribution in [0.1, 0.15) is 62.6 Å². The Kier molecular flexibility index (Phi) is 6.74. The highest BCUT2D eigenvalue weighted by Gasteiger charge is 2.22. The minimum absolute atomic E-state index is 0.441. The maximum absolute atomic E-state index is 10.6. The summed E-state index contributed by atoms with van der Waals surface area (Å²) < 4.78 is 0. The first-order valence-electron chi connectivity index (χ1n) is 12.1. The lowest BCUT2D eigenvalue weighted by molar-refractivity contribution is 0.399. The zero-order valence-corrected chi connectivity index (χ0v) is 20.4. The molecule has 1 N–H and O–H groups in total. The first-order valence-corrected chi connectivity index (χ1v) is 12.1. The summed E-state index contributed by atoms with van der Waals surface area (Å²) in [5, 5.41) is 10.6. The van der Waals surface area contributed by atoms with Gasteiger partial charge in [-0.1, -0.05) is 68.5 Å².